The highest BCUT2D eigenvalue weighted by molar-refractivity contribution is 6.03. The third kappa shape index (κ3) is 1.81. The van der Waals surface area contributed by atoms with Gasteiger partial charge in [-0.1, -0.05) is 18.2 Å². The number of nitro benzene ring substituents is 1. The molecular formula is C16H10N4O2. The van der Waals surface area contributed by atoms with E-state index >= 15 is 0 Å². The molecule has 22 heavy (non-hydrogen) atoms. The number of nitro groups is 1. The smallest absolute Gasteiger partial charge is 0.271 e. The summed E-state index contributed by atoms with van der Waals surface area (Å²) in [5.74, 6) is 0. The van der Waals surface area contributed by atoms with Crippen molar-refractivity contribution in [2.75, 3.05) is 0 Å². The Hall–Kier alpha value is -3.28. The first-order chi connectivity index (χ1) is 10.7. The SMILES string of the molecule is O=[N+]([O-])c1ccc2c(-n3ccnc3)c3ccccc3nc2c1. The quantitative estimate of drug-likeness (QED) is 0.322. The van der Waals surface area contributed by atoms with Gasteiger partial charge in [-0.25, -0.2) is 9.97 Å². The molecule has 0 bridgehead atoms. The van der Waals surface area contributed by atoms with Crippen LogP contribution in [-0.2, 0) is 0 Å². The van der Waals surface area contributed by atoms with E-state index in [1.807, 2.05) is 35.0 Å². The first-order valence-electron chi connectivity index (χ1n) is 6.69. The Labute approximate surface area is 124 Å². The lowest BCUT2D eigenvalue weighted by atomic mass is 10.1. The Bertz CT molecular complexity index is 1010. The van der Waals surface area contributed by atoms with Crippen LogP contribution in [0.2, 0.25) is 0 Å². The summed E-state index contributed by atoms with van der Waals surface area (Å²) < 4.78 is 1.90. The summed E-state index contributed by atoms with van der Waals surface area (Å²) in [6.07, 6.45) is 5.26. The van der Waals surface area contributed by atoms with E-state index in [0.717, 1.165) is 22.0 Å². The van der Waals surface area contributed by atoms with Crippen LogP contribution in [0.5, 0.6) is 0 Å². The van der Waals surface area contributed by atoms with Crippen molar-refractivity contribution in [3.05, 3.63) is 71.3 Å². The molecule has 0 amide bonds. The van der Waals surface area contributed by atoms with Gasteiger partial charge in [0, 0.05) is 35.3 Å². The molecule has 0 radical (unpaired) electrons. The number of aromatic nitrogens is 3. The summed E-state index contributed by atoms with van der Waals surface area (Å²) in [5, 5.41) is 12.8. The average molecular weight is 290 g/mol. The molecule has 0 saturated carbocycles. The van der Waals surface area contributed by atoms with E-state index in [4.69, 9.17) is 0 Å². The number of pyridine rings is 1. The van der Waals surface area contributed by atoms with E-state index in [9.17, 15) is 10.1 Å². The van der Waals surface area contributed by atoms with Crippen molar-refractivity contribution in [2.24, 2.45) is 0 Å². The zero-order chi connectivity index (χ0) is 15.1. The maximum absolute atomic E-state index is 11.0. The summed E-state index contributed by atoms with van der Waals surface area (Å²) >= 11 is 0. The molecule has 0 aliphatic heterocycles. The molecule has 2 heterocycles. The molecule has 0 fully saturated rings. The molecule has 4 aromatic rings. The van der Waals surface area contributed by atoms with Crippen LogP contribution in [0.15, 0.2) is 61.2 Å². The number of benzene rings is 2. The lowest BCUT2D eigenvalue weighted by molar-refractivity contribution is -0.384. The second-order valence-electron chi connectivity index (χ2n) is 4.91. The average Bonchev–Trinajstić information content (AvgIpc) is 3.05. The number of fused-ring (bicyclic) bond motifs is 2. The number of para-hydroxylation sites is 1. The van der Waals surface area contributed by atoms with E-state index in [1.54, 1.807) is 18.6 Å². The van der Waals surface area contributed by atoms with Gasteiger partial charge in [-0.3, -0.25) is 10.1 Å². The van der Waals surface area contributed by atoms with Crippen LogP contribution in [0, 0.1) is 10.1 Å². The summed E-state index contributed by atoms with van der Waals surface area (Å²) in [4.78, 5) is 19.2. The van der Waals surface area contributed by atoms with E-state index in [2.05, 4.69) is 9.97 Å². The van der Waals surface area contributed by atoms with Crippen molar-refractivity contribution in [3.8, 4) is 5.69 Å². The zero-order valence-corrected chi connectivity index (χ0v) is 11.4. The predicted octanol–water partition coefficient (Wildman–Crippen LogP) is 3.48. The molecule has 0 spiro atoms. The Morgan fingerprint density at radius 3 is 2.64 bits per heavy atom. The Balaban J connectivity index is 2.18. The third-order valence-corrected chi connectivity index (χ3v) is 3.61. The van der Waals surface area contributed by atoms with Crippen molar-refractivity contribution in [1.82, 2.24) is 14.5 Å². The highest BCUT2D eigenvalue weighted by Gasteiger charge is 2.14. The van der Waals surface area contributed by atoms with Gasteiger partial charge in [0.25, 0.3) is 5.69 Å². The van der Waals surface area contributed by atoms with Crippen LogP contribution in [-0.4, -0.2) is 19.5 Å². The van der Waals surface area contributed by atoms with Crippen LogP contribution in [0.1, 0.15) is 0 Å². The van der Waals surface area contributed by atoms with Crippen LogP contribution >= 0.6 is 0 Å². The maximum Gasteiger partial charge on any atom is 0.271 e. The van der Waals surface area contributed by atoms with E-state index < -0.39 is 4.92 Å². The molecule has 0 atom stereocenters. The fourth-order valence-electron chi connectivity index (χ4n) is 2.64. The van der Waals surface area contributed by atoms with Crippen molar-refractivity contribution >= 4 is 27.5 Å². The molecule has 2 aromatic heterocycles. The second-order valence-corrected chi connectivity index (χ2v) is 4.91. The van der Waals surface area contributed by atoms with Crippen molar-refractivity contribution in [2.45, 2.75) is 0 Å². The minimum absolute atomic E-state index is 0.0341. The molecule has 0 N–H and O–H groups in total. The normalized spacial score (nSPS) is 11.1. The largest absolute Gasteiger partial charge is 0.305 e. The number of non-ortho nitro benzene ring substituents is 1. The van der Waals surface area contributed by atoms with Crippen molar-refractivity contribution in [3.63, 3.8) is 0 Å². The van der Waals surface area contributed by atoms with Gasteiger partial charge in [-0.15, -0.1) is 0 Å². The minimum atomic E-state index is -0.410. The minimum Gasteiger partial charge on any atom is -0.305 e. The lowest BCUT2D eigenvalue weighted by Crippen LogP contribution is -1.97. The highest BCUT2D eigenvalue weighted by atomic mass is 16.6. The Morgan fingerprint density at radius 2 is 1.86 bits per heavy atom. The highest BCUT2D eigenvalue weighted by Crippen LogP contribution is 2.31. The van der Waals surface area contributed by atoms with Crippen LogP contribution in [0.3, 0.4) is 0 Å². The second kappa shape index (κ2) is 4.63. The van der Waals surface area contributed by atoms with Gasteiger partial charge in [0.1, 0.15) is 0 Å². The van der Waals surface area contributed by atoms with Gasteiger partial charge in [-0.2, -0.15) is 0 Å². The number of imidazole rings is 1. The van der Waals surface area contributed by atoms with Gasteiger partial charge in [-0.05, 0) is 12.1 Å². The van der Waals surface area contributed by atoms with Crippen molar-refractivity contribution in [1.29, 1.82) is 0 Å². The third-order valence-electron chi connectivity index (χ3n) is 3.61. The fourth-order valence-corrected chi connectivity index (χ4v) is 2.64. The standard InChI is InChI=1S/C16H10N4O2/c21-20(22)11-5-6-13-15(9-11)18-14-4-2-1-3-12(14)16(13)19-8-7-17-10-19/h1-10H. The summed E-state index contributed by atoms with van der Waals surface area (Å²) in [6, 6.07) is 12.5. The summed E-state index contributed by atoms with van der Waals surface area (Å²) in [7, 11) is 0. The van der Waals surface area contributed by atoms with E-state index in [-0.39, 0.29) is 5.69 Å². The molecule has 2 aromatic carbocycles. The van der Waals surface area contributed by atoms with E-state index in [0.29, 0.717) is 5.52 Å². The van der Waals surface area contributed by atoms with Crippen LogP contribution < -0.4 is 0 Å². The molecule has 0 aliphatic carbocycles. The number of nitrogens with zero attached hydrogens (tertiary/aromatic N) is 4. The zero-order valence-electron chi connectivity index (χ0n) is 11.4. The predicted molar refractivity (Wildman–Crippen MR) is 83.0 cm³/mol. The molecule has 0 saturated heterocycles. The lowest BCUT2D eigenvalue weighted by Gasteiger charge is -2.11. The molecule has 0 unspecified atom stereocenters. The maximum atomic E-state index is 11.0. The summed E-state index contributed by atoms with van der Waals surface area (Å²) in [5.41, 5.74) is 2.34. The Kier molecular flexibility index (Phi) is 2.62. The number of hydrogen-bond acceptors (Lipinski definition) is 4. The van der Waals surface area contributed by atoms with Crippen LogP contribution in [0.25, 0.3) is 27.5 Å². The topological polar surface area (TPSA) is 73.8 Å². The monoisotopic (exact) mass is 290 g/mol. The number of rotatable bonds is 2. The first kappa shape index (κ1) is 12.5. The number of hydrogen-bond donors (Lipinski definition) is 0. The van der Waals surface area contributed by atoms with Gasteiger partial charge >= 0.3 is 0 Å². The van der Waals surface area contributed by atoms with E-state index in [1.165, 1.54) is 12.1 Å². The Morgan fingerprint density at radius 1 is 1.05 bits per heavy atom. The summed E-state index contributed by atoms with van der Waals surface area (Å²) in [6.45, 7) is 0. The first-order valence-corrected chi connectivity index (χ1v) is 6.69. The molecule has 106 valence electrons. The molecule has 6 nitrogen and oxygen atoms in total. The molecular weight excluding hydrogens is 280 g/mol. The van der Waals surface area contributed by atoms with Gasteiger partial charge in [0.05, 0.1) is 28.0 Å². The molecule has 0 aliphatic rings. The molecule has 6 heteroatoms. The van der Waals surface area contributed by atoms with Crippen molar-refractivity contribution < 1.29 is 4.92 Å². The van der Waals surface area contributed by atoms with Gasteiger partial charge in [0.15, 0.2) is 0 Å². The van der Waals surface area contributed by atoms with Gasteiger partial charge in [0.2, 0.25) is 0 Å². The van der Waals surface area contributed by atoms with Crippen LogP contribution in [0.4, 0.5) is 5.69 Å². The van der Waals surface area contributed by atoms with Gasteiger partial charge < -0.3 is 4.57 Å². The molecule has 4 rings (SSSR count). The fraction of sp³-hybridized carbons (Fsp3) is 0.